The first-order valence-corrected chi connectivity index (χ1v) is 6.05. The van der Waals surface area contributed by atoms with Gasteiger partial charge in [-0.3, -0.25) is 0 Å². The first-order valence-electron chi connectivity index (χ1n) is 6.05. The highest BCUT2D eigenvalue weighted by atomic mass is 13.9. The van der Waals surface area contributed by atoms with Gasteiger partial charge in [0.05, 0.1) is 0 Å². The molecular formula is C15H26. The molecule has 86 valence electrons. The van der Waals surface area contributed by atoms with Crippen LogP contribution in [0.5, 0.6) is 0 Å². The van der Waals surface area contributed by atoms with Crippen molar-refractivity contribution in [2.75, 3.05) is 0 Å². The van der Waals surface area contributed by atoms with Crippen LogP contribution in [0.15, 0.2) is 36.9 Å². The van der Waals surface area contributed by atoms with Gasteiger partial charge in [-0.15, -0.1) is 6.58 Å². The predicted molar refractivity (Wildman–Crippen MR) is 72.4 cm³/mol. The van der Waals surface area contributed by atoms with Crippen LogP contribution in [-0.4, -0.2) is 0 Å². The van der Waals surface area contributed by atoms with Crippen LogP contribution < -0.4 is 0 Å². The average molecular weight is 206 g/mol. The number of allylic oxidation sites excluding steroid dienone is 1. The first kappa shape index (κ1) is 16.4. The summed E-state index contributed by atoms with van der Waals surface area (Å²) in [6.45, 7) is 13.9. The quantitative estimate of drug-likeness (QED) is 0.608. The minimum absolute atomic E-state index is 0.976. The lowest BCUT2D eigenvalue weighted by Crippen LogP contribution is -1.82. The topological polar surface area (TPSA) is 0 Å². The van der Waals surface area contributed by atoms with Crippen LogP contribution >= 0.6 is 0 Å². The molecule has 1 aromatic rings. The van der Waals surface area contributed by atoms with E-state index in [2.05, 4.69) is 37.8 Å². The maximum absolute atomic E-state index is 3.70. The van der Waals surface area contributed by atoms with Gasteiger partial charge < -0.3 is 0 Å². The van der Waals surface area contributed by atoms with Gasteiger partial charge in [0.1, 0.15) is 0 Å². The van der Waals surface area contributed by atoms with E-state index in [-0.39, 0.29) is 0 Å². The molecule has 0 radical (unpaired) electrons. The normalized spacial score (nSPS) is 7.80. The van der Waals surface area contributed by atoms with E-state index in [0.717, 1.165) is 12.8 Å². The van der Waals surface area contributed by atoms with E-state index < -0.39 is 0 Å². The summed E-state index contributed by atoms with van der Waals surface area (Å²) < 4.78 is 0. The van der Waals surface area contributed by atoms with Gasteiger partial charge in [0.25, 0.3) is 0 Å². The molecular weight excluding hydrogens is 180 g/mol. The van der Waals surface area contributed by atoms with Gasteiger partial charge in [-0.05, 0) is 24.0 Å². The summed E-state index contributed by atoms with van der Waals surface area (Å²) in [7, 11) is 0. The Labute approximate surface area is 96.0 Å². The fraction of sp³-hybridized carbons (Fsp3) is 0.467. The lowest BCUT2D eigenvalue weighted by molar-refractivity contribution is 1.13. The molecule has 0 saturated carbocycles. The number of hydrogen-bond acceptors (Lipinski definition) is 0. The molecule has 1 aromatic carbocycles. The Morgan fingerprint density at radius 3 is 1.67 bits per heavy atom. The lowest BCUT2D eigenvalue weighted by atomic mass is 10.1. The van der Waals surface area contributed by atoms with Gasteiger partial charge in [-0.25, -0.2) is 0 Å². The van der Waals surface area contributed by atoms with Crippen molar-refractivity contribution in [3.05, 3.63) is 48.0 Å². The summed E-state index contributed by atoms with van der Waals surface area (Å²) in [5.74, 6) is 0. The zero-order valence-electron chi connectivity index (χ0n) is 11.0. The third-order valence-corrected chi connectivity index (χ3v) is 1.81. The van der Waals surface area contributed by atoms with Crippen molar-refractivity contribution in [2.24, 2.45) is 0 Å². The second kappa shape index (κ2) is 13.0. The Hall–Kier alpha value is -1.04. The second-order valence-electron chi connectivity index (χ2n) is 2.66. The van der Waals surface area contributed by atoms with Crippen LogP contribution in [0, 0.1) is 0 Å². The van der Waals surface area contributed by atoms with E-state index in [0.29, 0.717) is 0 Å². The average Bonchev–Trinajstić information content (AvgIpc) is 2.36. The summed E-state index contributed by atoms with van der Waals surface area (Å²) in [6, 6.07) is 8.69. The molecule has 0 heterocycles. The molecule has 0 heteroatoms. The van der Waals surface area contributed by atoms with Crippen LogP contribution in [-0.2, 0) is 12.8 Å². The maximum Gasteiger partial charge on any atom is -0.0100 e. The Bertz CT molecular complexity index is 218. The molecule has 0 aliphatic heterocycles. The maximum atomic E-state index is 3.70. The van der Waals surface area contributed by atoms with Crippen molar-refractivity contribution in [1.82, 2.24) is 0 Å². The molecule has 0 aliphatic rings. The standard InChI is InChI=1S/C11H14.2C2H6/c1-3-5-11-8-6-10(4-2)7-9-11;2*1-2/h3,6-9H,1,4-5H2,2H3;2*1-2H3. The van der Waals surface area contributed by atoms with E-state index >= 15 is 0 Å². The smallest absolute Gasteiger partial charge is 0.0100 e. The van der Waals surface area contributed by atoms with Crippen molar-refractivity contribution in [2.45, 2.75) is 47.5 Å². The fourth-order valence-electron chi connectivity index (χ4n) is 1.08. The van der Waals surface area contributed by atoms with Crippen LogP contribution in [0.4, 0.5) is 0 Å². The third-order valence-electron chi connectivity index (χ3n) is 1.81. The highest BCUT2D eigenvalue weighted by Gasteiger charge is 1.89. The van der Waals surface area contributed by atoms with Crippen LogP contribution in [0.2, 0.25) is 0 Å². The van der Waals surface area contributed by atoms with Gasteiger partial charge >= 0.3 is 0 Å². The van der Waals surface area contributed by atoms with Crippen molar-refractivity contribution in [3.63, 3.8) is 0 Å². The molecule has 0 atom stereocenters. The largest absolute Gasteiger partial charge is 0.103 e. The number of aryl methyl sites for hydroxylation is 1. The van der Waals surface area contributed by atoms with Crippen LogP contribution in [0.3, 0.4) is 0 Å². The molecule has 15 heavy (non-hydrogen) atoms. The zero-order valence-corrected chi connectivity index (χ0v) is 11.0. The molecule has 0 fully saturated rings. The molecule has 0 saturated heterocycles. The van der Waals surface area contributed by atoms with Crippen LogP contribution in [0.25, 0.3) is 0 Å². The van der Waals surface area contributed by atoms with Gasteiger partial charge in [0, 0.05) is 0 Å². The van der Waals surface area contributed by atoms with Crippen molar-refractivity contribution in [3.8, 4) is 0 Å². The van der Waals surface area contributed by atoms with Gasteiger partial charge in [-0.1, -0.05) is 65.0 Å². The molecule has 1 rings (SSSR count). The summed E-state index contributed by atoms with van der Waals surface area (Å²) in [5.41, 5.74) is 2.75. The van der Waals surface area contributed by atoms with Gasteiger partial charge in [-0.2, -0.15) is 0 Å². The molecule has 0 unspecified atom stereocenters. The SMILES string of the molecule is C=CCc1ccc(CC)cc1.CC.CC. The van der Waals surface area contributed by atoms with Crippen molar-refractivity contribution >= 4 is 0 Å². The number of benzene rings is 1. The van der Waals surface area contributed by atoms with Crippen LogP contribution in [0.1, 0.15) is 45.7 Å². The molecule has 0 nitrogen and oxygen atoms in total. The zero-order chi connectivity index (χ0) is 12.1. The Morgan fingerprint density at radius 2 is 1.33 bits per heavy atom. The molecule has 0 aliphatic carbocycles. The van der Waals surface area contributed by atoms with Gasteiger partial charge in [0.2, 0.25) is 0 Å². The molecule has 0 bridgehead atoms. The highest BCUT2D eigenvalue weighted by molar-refractivity contribution is 5.23. The van der Waals surface area contributed by atoms with E-state index in [4.69, 9.17) is 0 Å². The molecule has 0 amide bonds. The lowest BCUT2D eigenvalue weighted by Gasteiger charge is -1.98. The van der Waals surface area contributed by atoms with E-state index in [1.807, 2.05) is 33.8 Å². The molecule has 0 N–H and O–H groups in total. The first-order chi connectivity index (χ1) is 7.36. The second-order valence-corrected chi connectivity index (χ2v) is 2.66. The van der Waals surface area contributed by atoms with E-state index in [9.17, 15) is 0 Å². The minimum Gasteiger partial charge on any atom is -0.103 e. The van der Waals surface area contributed by atoms with E-state index in [1.54, 1.807) is 0 Å². The summed E-state index contributed by atoms with van der Waals surface area (Å²) >= 11 is 0. The summed E-state index contributed by atoms with van der Waals surface area (Å²) in [5, 5.41) is 0. The number of hydrogen-bond donors (Lipinski definition) is 0. The summed E-state index contributed by atoms with van der Waals surface area (Å²) in [4.78, 5) is 0. The Morgan fingerprint density at radius 1 is 0.933 bits per heavy atom. The Balaban J connectivity index is 0. The van der Waals surface area contributed by atoms with Crippen molar-refractivity contribution < 1.29 is 0 Å². The Kier molecular flexibility index (Phi) is 14.2. The third kappa shape index (κ3) is 7.99. The van der Waals surface area contributed by atoms with Crippen molar-refractivity contribution in [1.29, 1.82) is 0 Å². The number of rotatable bonds is 3. The minimum atomic E-state index is 0.976. The van der Waals surface area contributed by atoms with E-state index in [1.165, 1.54) is 11.1 Å². The fourth-order valence-corrected chi connectivity index (χ4v) is 1.08. The summed E-state index contributed by atoms with van der Waals surface area (Å²) in [6.07, 6.45) is 4.03. The molecule has 0 aromatic heterocycles. The van der Waals surface area contributed by atoms with Gasteiger partial charge in [0.15, 0.2) is 0 Å². The monoisotopic (exact) mass is 206 g/mol. The highest BCUT2D eigenvalue weighted by Crippen LogP contribution is 2.05. The molecule has 0 spiro atoms. The predicted octanol–water partition coefficient (Wildman–Crippen LogP) is 5.03.